The molecule has 1 aromatic heterocycles. The Kier molecular flexibility index (Phi) is 5.14. The molecule has 1 aliphatic rings. The van der Waals surface area contributed by atoms with Crippen molar-refractivity contribution in [2.75, 3.05) is 11.9 Å². The Balaban J connectivity index is 1.70. The van der Waals surface area contributed by atoms with Crippen molar-refractivity contribution in [2.45, 2.75) is 25.9 Å². The molecule has 5 heteroatoms. The average Bonchev–Trinajstić information content (AvgIpc) is 2.93. The number of benzene rings is 2. The molecule has 0 atom stereocenters. The van der Waals surface area contributed by atoms with Gasteiger partial charge in [-0.15, -0.1) is 0 Å². The van der Waals surface area contributed by atoms with Crippen LogP contribution in [0.2, 0.25) is 5.02 Å². The molecule has 0 aliphatic carbocycles. The summed E-state index contributed by atoms with van der Waals surface area (Å²) in [6, 6.07) is 18.2. The van der Waals surface area contributed by atoms with E-state index in [0.717, 1.165) is 47.9 Å². The number of fused-ring (bicyclic) bond motifs is 1. The number of aryl methyl sites for hydroxylation is 1. The minimum atomic E-state index is 0.680. The van der Waals surface area contributed by atoms with Gasteiger partial charge in [0.05, 0.1) is 11.4 Å². The lowest BCUT2D eigenvalue weighted by atomic mass is 10.0. The van der Waals surface area contributed by atoms with Crippen LogP contribution >= 0.6 is 11.6 Å². The Bertz CT molecular complexity index is 879. The second-order valence-corrected chi connectivity index (χ2v) is 6.88. The Morgan fingerprint density at radius 2 is 1.81 bits per heavy atom. The topological polar surface area (TPSA) is 49.8 Å². The van der Waals surface area contributed by atoms with Crippen LogP contribution in [0.3, 0.4) is 0 Å². The van der Waals surface area contributed by atoms with E-state index in [2.05, 4.69) is 22.8 Å². The first kappa shape index (κ1) is 17.0. The van der Waals surface area contributed by atoms with Gasteiger partial charge in [-0.05, 0) is 37.1 Å². The molecule has 2 heterocycles. The third kappa shape index (κ3) is 3.87. The number of hydrogen-bond donors (Lipinski definition) is 2. The first-order chi connectivity index (χ1) is 12.8. The molecule has 4 rings (SSSR count). The third-order valence-electron chi connectivity index (χ3n) is 4.57. The molecule has 0 saturated carbocycles. The van der Waals surface area contributed by atoms with Gasteiger partial charge in [-0.3, -0.25) is 0 Å². The smallest absolute Gasteiger partial charge is 0.223 e. The number of aromatic nitrogens is 2. The van der Waals surface area contributed by atoms with Crippen molar-refractivity contribution >= 4 is 17.5 Å². The van der Waals surface area contributed by atoms with Crippen LogP contribution < -0.4 is 10.6 Å². The summed E-state index contributed by atoms with van der Waals surface area (Å²) in [6.07, 6.45) is 2.05. The van der Waals surface area contributed by atoms with Gasteiger partial charge in [0, 0.05) is 29.2 Å². The molecule has 4 nitrogen and oxygen atoms in total. The Hall–Kier alpha value is -2.43. The molecule has 0 fully saturated rings. The van der Waals surface area contributed by atoms with Crippen LogP contribution in [0.15, 0.2) is 54.6 Å². The Labute approximate surface area is 158 Å². The van der Waals surface area contributed by atoms with Crippen LogP contribution in [0.1, 0.15) is 23.2 Å². The van der Waals surface area contributed by atoms with Gasteiger partial charge < -0.3 is 10.6 Å². The number of halogens is 1. The lowest BCUT2D eigenvalue weighted by Gasteiger charge is -2.14. The van der Waals surface area contributed by atoms with E-state index in [4.69, 9.17) is 21.6 Å². The lowest BCUT2D eigenvalue weighted by molar-refractivity contribution is 0.680. The SMILES string of the molecule is Clc1ccc(-c2nc(NCc3ccccc3)nc3c2CNCCC3)cc1. The van der Waals surface area contributed by atoms with Crippen molar-refractivity contribution in [1.82, 2.24) is 15.3 Å². The third-order valence-corrected chi connectivity index (χ3v) is 4.82. The van der Waals surface area contributed by atoms with E-state index in [1.54, 1.807) is 0 Å². The van der Waals surface area contributed by atoms with E-state index in [0.29, 0.717) is 12.5 Å². The van der Waals surface area contributed by atoms with E-state index >= 15 is 0 Å². The summed E-state index contributed by atoms with van der Waals surface area (Å²) >= 11 is 6.06. The number of nitrogens with zero attached hydrogens (tertiary/aromatic N) is 2. The Morgan fingerprint density at radius 1 is 1.00 bits per heavy atom. The molecule has 1 aliphatic heterocycles. The summed E-state index contributed by atoms with van der Waals surface area (Å²) < 4.78 is 0. The van der Waals surface area contributed by atoms with Gasteiger partial charge in [-0.2, -0.15) is 0 Å². The first-order valence-electron chi connectivity index (χ1n) is 8.94. The van der Waals surface area contributed by atoms with Crippen molar-refractivity contribution in [1.29, 1.82) is 0 Å². The number of nitrogens with one attached hydrogen (secondary N) is 2. The molecule has 2 N–H and O–H groups in total. The van der Waals surface area contributed by atoms with Crippen molar-refractivity contribution in [2.24, 2.45) is 0 Å². The van der Waals surface area contributed by atoms with E-state index in [1.165, 1.54) is 11.1 Å². The molecule has 0 unspecified atom stereocenters. The number of hydrogen-bond acceptors (Lipinski definition) is 4. The summed E-state index contributed by atoms with van der Waals surface area (Å²) in [6.45, 7) is 2.51. The van der Waals surface area contributed by atoms with Gasteiger partial charge in [0.25, 0.3) is 0 Å². The van der Waals surface area contributed by atoms with Crippen molar-refractivity contribution in [3.8, 4) is 11.3 Å². The predicted octanol–water partition coefficient (Wildman–Crippen LogP) is 4.44. The maximum atomic E-state index is 6.06. The first-order valence-corrected chi connectivity index (χ1v) is 9.31. The van der Waals surface area contributed by atoms with Crippen LogP contribution in [-0.4, -0.2) is 16.5 Å². The summed E-state index contributed by atoms with van der Waals surface area (Å²) in [5.74, 6) is 0.680. The van der Waals surface area contributed by atoms with Gasteiger partial charge in [0.15, 0.2) is 0 Å². The maximum Gasteiger partial charge on any atom is 0.223 e. The fourth-order valence-corrected chi connectivity index (χ4v) is 3.35. The van der Waals surface area contributed by atoms with E-state index in [9.17, 15) is 0 Å². The zero-order valence-corrected chi connectivity index (χ0v) is 15.3. The van der Waals surface area contributed by atoms with Crippen LogP contribution in [0.25, 0.3) is 11.3 Å². The summed E-state index contributed by atoms with van der Waals surface area (Å²) in [5.41, 5.74) is 5.58. The van der Waals surface area contributed by atoms with Crippen molar-refractivity contribution < 1.29 is 0 Å². The largest absolute Gasteiger partial charge is 0.350 e. The summed E-state index contributed by atoms with van der Waals surface area (Å²) in [5, 5.41) is 7.59. The second-order valence-electron chi connectivity index (χ2n) is 6.45. The van der Waals surface area contributed by atoms with E-state index in [1.807, 2.05) is 42.5 Å². The van der Waals surface area contributed by atoms with Crippen LogP contribution in [-0.2, 0) is 19.5 Å². The van der Waals surface area contributed by atoms with Crippen molar-refractivity contribution in [3.63, 3.8) is 0 Å². The summed E-state index contributed by atoms with van der Waals surface area (Å²) in [4.78, 5) is 9.64. The Morgan fingerprint density at radius 3 is 2.62 bits per heavy atom. The molecule has 26 heavy (non-hydrogen) atoms. The van der Waals surface area contributed by atoms with E-state index < -0.39 is 0 Å². The fourth-order valence-electron chi connectivity index (χ4n) is 3.22. The van der Waals surface area contributed by atoms with Gasteiger partial charge in [0.2, 0.25) is 5.95 Å². The highest BCUT2D eigenvalue weighted by Gasteiger charge is 2.17. The predicted molar refractivity (Wildman–Crippen MR) is 106 cm³/mol. The molecule has 0 saturated heterocycles. The average molecular weight is 365 g/mol. The normalized spacial score (nSPS) is 13.7. The summed E-state index contributed by atoms with van der Waals surface area (Å²) in [7, 11) is 0. The molecular formula is C21H21ClN4. The van der Waals surface area contributed by atoms with Gasteiger partial charge in [-0.1, -0.05) is 54.1 Å². The fraction of sp³-hybridized carbons (Fsp3) is 0.238. The molecule has 2 aromatic carbocycles. The zero-order valence-electron chi connectivity index (χ0n) is 14.5. The molecule has 0 radical (unpaired) electrons. The minimum Gasteiger partial charge on any atom is -0.350 e. The van der Waals surface area contributed by atoms with Gasteiger partial charge in [-0.25, -0.2) is 9.97 Å². The van der Waals surface area contributed by atoms with Gasteiger partial charge in [0.1, 0.15) is 0 Å². The molecule has 132 valence electrons. The maximum absolute atomic E-state index is 6.06. The van der Waals surface area contributed by atoms with Crippen LogP contribution in [0.4, 0.5) is 5.95 Å². The standard InChI is InChI=1S/C21H21ClN4/c22-17-10-8-16(9-11-17)20-18-14-23-12-4-7-19(18)25-21(26-20)24-13-15-5-2-1-3-6-15/h1-3,5-6,8-11,23H,4,7,12-14H2,(H,24,25,26). The lowest BCUT2D eigenvalue weighted by Crippen LogP contribution is -2.14. The molecule has 0 spiro atoms. The van der Waals surface area contributed by atoms with E-state index in [-0.39, 0.29) is 0 Å². The quantitative estimate of drug-likeness (QED) is 0.718. The second kappa shape index (κ2) is 7.85. The van der Waals surface area contributed by atoms with Gasteiger partial charge >= 0.3 is 0 Å². The molecular weight excluding hydrogens is 344 g/mol. The molecule has 3 aromatic rings. The number of anilines is 1. The highest BCUT2D eigenvalue weighted by atomic mass is 35.5. The van der Waals surface area contributed by atoms with Crippen molar-refractivity contribution in [3.05, 3.63) is 76.4 Å². The molecule has 0 bridgehead atoms. The van der Waals surface area contributed by atoms with Crippen LogP contribution in [0.5, 0.6) is 0 Å². The zero-order chi connectivity index (χ0) is 17.8. The minimum absolute atomic E-state index is 0.680. The van der Waals surface area contributed by atoms with Crippen LogP contribution in [0, 0.1) is 0 Å². The molecule has 0 amide bonds. The highest BCUT2D eigenvalue weighted by Crippen LogP contribution is 2.28. The highest BCUT2D eigenvalue weighted by molar-refractivity contribution is 6.30. The number of rotatable bonds is 4. The monoisotopic (exact) mass is 364 g/mol.